The molecule has 2 fully saturated rings. The van der Waals surface area contributed by atoms with Crippen LogP contribution >= 0.6 is 0 Å². The van der Waals surface area contributed by atoms with E-state index in [1.54, 1.807) is 9.80 Å². The molecule has 2 saturated heterocycles. The fourth-order valence-corrected chi connectivity index (χ4v) is 4.04. The minimum Gasteiger partial charge on any atom is -0.351 e. The van der Waals surface area contributed by atoms with Crippen LogP contribution in [0.15, 0.2) is 12.3 Å². The molecule has 1 aromatic heterocycles. The summed E-state index contributed by atoms with van der Waals surface area (Å²) in [5, 5.41) is 0. The third kappa shape index (κ3) is 4.19. The highest BCUT2D eigenvalue weighted by molar-refractivity contribution is 5.72. The maximum Gasteiger partial charge on any atom is 0.433 e. The number of likely N-dealkylation sites (tertiary alicyclic amines) is 1. The Hall–Kier alpha value is -2.06. The zero-order valence-electron chi connectivity index (χ0n) is 14.6. The lowest BCUT2D eigenvalue weighted by Crippen LogP contribution is -2.49. The normalized spacial score (nSPS) is 23.0. The minimum atomic E-state index is -4.47. The number of hydrogen-bond donors (Lipinski definition) is 1. The van der Waals surface area contributed by atoms with E-state index in [-0.39, 0.29) is 18.0 Å². The van der Waals surface area contributed by atoms with Crippen LogP contribution in [0.1, 0.15) is 44.2 Å². The number of piperidine rings is 1. The second kappa shape index (κ2) is 7.67. The van der Waals surface area contributed by atoms with E-state index >= 15 is 0 Å². The highest BCUT2D eigenvalue weighted by Gasteiger charge is 2.35. The van der Waals surface area contributed by atoms with Crippen LogP contribution in [0.3, 0.4) is 0 Å². The van der Waals surface area contributed by atoms with Gasteiger partial charge in [0.15, 0.2) is 0 Å². The summed E-state index contributed by atoms with van der Waals surface area (Å²) < 4.78 is 38.5. The van der Waals surface area contributed by atoms with Gasteiger partial charge in [-0.15, -0.1) is 0 Å². The van der Waals surface area contributed by atoms with E-state index in [9.17, 15) is 18.0 Å². The summed E-state index contributed by atoms with van der Waals surface area (Å²) >= 11 is 0. The molecule has 0 saturated carbocycles. The van der Waals surface area contributed by atoms with Crippen molar-refractivity contribution < 1.29 is 18.0 Å². The highest BCUT2D eigenvalue weighted by atomic mass is 19.4. The fourth-order valence-electron chi connectivity index (χ4n) is 4.04. The molecule has 6 nitrogen and oxygen atoms in total. The number of amides is 2. The smallest absolute Gasteiger partial charge is 0.351 e. The molecule has 9 heteroatoms. The van der Waals surface area contributed by atoms with E-state index in [0.717, 1.165) is 50.8 Å². The topological polar surface area (TPSA) is 75.4 Å². The Morgan fingerprint density at radius 1 is 1.12 bits per heavy atom. The summed E-state index contributed by atoms with van der Waals surface area (Å²) in [7, 11) is 0. The molecule has 1 atom stereocenters. The van der Waals surface area contributed by atoms with Crippen LogP contribution in [-0.4, -0.2) is 46.6 Å². The van der Waals surface area contributed by atoms with Gasteiger partial charge in [0.2, 0.25) is 5.95 Å². The van der Waals surface area contributed by atoms with Crippen molar-refractivity contribution >= 4 is 12.0 Å². The lowest BCUT2D eigenvalue weighted by Gasteiger charge is -2.40. The number of anilines is 1. The molecule has 0 spiro atoms. The van der Waals surface area contributed by atoms with Crippen molar-refractivity contribution in [2.24, 2.45) is 11.7 Å². The van der Waals surface area contributed by atoms with Crippen molar-refractivity contribution in [3.05, 3.63) is 18.0 Å². The first-order valence-electron chi connectivity index (χ1n) is 9.07. The maximum atomic E-state index is 12.8. The molecule has 0 aromatic carbocycles. The number of aromatic nitrogens is 2. The van der Waals surface area contributed by atoms with E-state index < -0.39 is 11.9 Å². The number of carbonyl (C=O) groups is 1. The number of urea groups is 1. The number of alkyl halides is 3. The standard InChI is InChI=1S/C17H24F3N5O/c18-17(19,20)14-5-8-22-16(23-14)24-10-6-12(7-11-24)13-4-2-1-3-9-25(13)15(21)26/h5,8,12-13H,1-4,6-7,9-11H2,(H2,21,26). The predicted molar refractivity (Wildman–Crippen MR) is 90.5 cm³/mol. The molecule has 2 amide bonds. The largest absolute Gasteiger partial charge is 0.433 e. The molecule has 26 heavy (non-hydrogen) atoms. The highest BCUT2D eigenvalue weighted by Crippen LogP contribution is 2.32. The predicted octanol–water partition coefficient (Wildman–Crippen LogP) is 3.04. The first kappa shape index (κ1) is 18.7. The zero-order valence-corrected chi connectivity index (χ0v) is 14.6. The number of rotatable bonds is 2. The molecule has 0 bridgehead atoms. The van der Waals surface area contributed by atoms with Crippen molar-refractivity contribution in [3.8, 4) is 0 Å². The van der Waals surface area contributed by atoms with Crippen LogP contribution in [-0.2, 0) is 6.18 Å². The Morgan fingerprint density at radius 3 is 2.50 bits per heavy atom. The van der Waals surface area contributed by atoms with E-state index in [2.05, 4.69) is 9.97 Å². The van der Waals surface area contributed by atoms with Gasteiger partial charge in [-0.3, -0.25) is 0 Å². The van der Waals surface area contributed by atoms with Crippen LogP contribution in [0, 0.1) is 5.92 Å². The summed E-state index contributed by atoms with van der Waals surface area (Å²) in [4.78, 5) is 23.0. The van der Waals surface area contributed by atoms with Crippen LogP contribution in [0.2, 0.25) is 0 Å². The average molecular weight is 371 g/mol. The van der Waals surface area contributed by atoms with Gasteiger partial charge in [0.25, 0.3) is 0 Å². The quantitative estimate of drug-likeness (QED) is 0.867. The van der Waals surface area contributed by atoms with Crippen LogP contribution in [0.25, 0.3) is 0 Å². The van der Waals surface area contributed by atoms with E-state index in [1.165, 1.54) is 0 Å². The minimum absolute atomic E-state index is 0.117. The van der Waals surface area contributed by atoms with Gasteiger partial charge in [0.05, 0.1) is 0 Å². The first-order chi connectivity index (χ1) is 12.4. The third-order valence-electron chi connectivity index (χ3n) is 5.38. The summed E-state index contributed by atoms with van der Waals surface area (Å²) in [5.74, 6) is 0.425. The SMILES string of the molecule is NC(=O)N1CCCCCC1C1CCN(c2nccc(C(F)(F)F)n2)CC1. The number of primary amides is 1. The summed E-state index contributed by atoms with van der Waals surface area (Å²) in [5.41, 5.74) is 4.64. The Balaban J connectivity index is 1.66. The zero-order chi connectivity index (χ0) is 18.7. The second-order valence-electron chi connectivity index (χ2n) is 7.01. The molecule has 1 unspecified atom stereocenters. The third-order valence-corrected chi connectivity index (χ3v) is 5.38. The molecule has 2 N–H and O–H groups in total. The van der Waals surface area contributed by atoms with Gasteiger partial charge in [-0.1, -0.05) is 12.8 Å². The molecular formula is C17H24F3N5O. The van der Waals surface area contributed by atoms with Gasteiger partial charge in [-0.05, 0) is 37.7 Å². The van der Waals surface area contributed by atoms with E-state index in [4.69, 9.17) is 5.73 Å². The summed E-state index contributed by atoms with van der Waals surface area (Å²) in [6, 6.07) is 0.632. The fraction of sp³-hybridized carbons (Fsp3) is 0.706. The van der Waals surface area contributed by atoms with Crippen molar-refractivity contribution in [1.29, 1.82) is 0 Å². The number of halogens is 3. The van der Waals surface area contributed by atoms with Crippen molar-refractivity contribution in [2.75, 3.05) is 24.5 Å². The lowest BCUT2D eigenvalue weighted by molar-refractivity contribution is -0.141. The lowest BCUT2D eigenvalue weighted by atomic mass is 9.86. The Morgan fingerprint density at radius 2 is 1.85 bits per heavy atom. The Bertz CT molecular complexity index is 631. The van der Waals surface area contributed by atoms with E-state index in [1.807, 2.05) is 0 Å². The number of hydrogen-bond acceptors (Lipinski definition) is 4. The van der Waals surface area contributed by atoms with Crippen LogP contribution < -0.4 is 10.6 Å². The monoisotopic (exact) mass is 371 g/mol. The Kier molecular flexibility index (Phi) is 5.52. The van der Waals surface area contributed by atoms with Gasteiger partial charge >= 0.3 is 12.2 Å². The van der Waals surface area contributed by atoms with Crippen molar-refractivity contribution in [1.82, 2.24) is 14.9 Å². The molecule has 3 rings (SSSR count). The van der Waals surface area contributed by atoms with Crippen molar-refractivity contribution in [3.63, 3.8) is 0 Å². The van der Waals surface area contributed by atoms with Gasteiger partial charge in [0.1, 0.15) is 5.69 Å². The summed E-state index contributed by atoms with van der Waals surface area (Å²) in [6.07, 6.45) is 2.32. The molecule has 3 heterocycles. The molecule has 2 aliphatic heterocycles. The second-order valence-corrected chi connectivity index (χ2v) is 7.01. The molecular weight excluding hydrogens is 347 g/mol. The molecule has 144 valence electrons. The van der Waals surface area contributed by atoms with Gasteiger partial charge in [0, 0.05) is 31.9 Å². The molecule has 1 aromatic rings. The first-order valence-corrected chi connectivity index (χ1v) is 9.07. The average Bonchev–Trinajstić information content (AvgIpc) is 2.87. The van der Waals surface area contributed by atoms with Gasteiger partial charge < -0.3 is 15.5 Å². The molecule has 0 radical (unpaired) electrons. The number of carbonyl (C=O) groups excluding carboxylic acids is 1. The summed E-state index contributed by atoms with van der Waals surface area (Å²) in [6.45, 7) is 1.85. The van der Waals surface area contributed by atoms with Crippen LogP contribution in [0.5, 0.6) is 0 Å². The van der Waals surface area contributed by atoms with Crippen LogP contribution in [0.4, 0.5) is 23.9 Å². The van der Waals surface area contributed by atoms with Gasteiger partial charge in [-0.2, -0.15) is 13.2 Å². The number of nitrogens with two attached hydrogens (primary N) is 1. The number of nitrogens with zero attached hydrogens (tertiary/aromatic N) is 4. The van der Waals surface area contributed by atoms with Crippen molar-refractivity contribution in [2.45, 2.75) is 50.7 Å². The van der Waals surface area contributed by atoms with E-state index in [0.29, 0.717) is 25.6 Å². The molecule has 0 aliphatic carbocycles. The van der Waals surface area contributed by atoms with Gasteiger partial charge in [-0.25, -0.2) is 14.8 Å². The maximum absolute atomic E-state index is 12.8. The molecule has 2 aliphatic rings. The Labute approximate surface area is 150 Å².